The van der Waals surface area contributed by atoms with Crippen LogP contribution in [0.15, 0.2) is 54.5 Å². The zero-order chi connectivity index (χ0) is 18.9. The predicted molar refractivity (Wildman–Crippen MR) is 97.2 cm³/mol. The fourth-order valence-electron chi connectivity index (χ4n) is 2.61. The summed E-state index contributed by atoms with van der Waals surface area (Å²) in [6.45, 7) is 4.07. The maximum absolute atomic E-state index is 12.3. The fourth-order valence-corrected chi connectivity index (χ4v) is 2.61. The van der Waals surface area contributed by atoms with Crippen LogP contribution in [-0.4, -0.2) is 48.6 Å². The van der Waals surface area contributed by atoms with Crippen molar-refractivity contribution in [2.24, 2.45) is 0 Å². The topological polar surface area (TPSA) is 89.0 Å². The van der Waals surface area contributed by atoms with Crippen molar-refractivity contribution in [1.29, 1.82) is 0 Å². The van der Waals surface area contributed by atoms with Crippen molar-refractivity contribution in [3.63, 3.8) is 0 Å². The lowest BCUT2D eigenvalue weighted by molar-refractivity contribution is -0.117. The number of hydrogen-bond acceptors (Lipinski definition) is 6. The van der Waals surface area contributed by atoms with Crippen LogP contribution in [0.3, 0.4) is 0 Å². The number of amides is 1. The van der Waals surface area contributed by atoms with Crippen LogP contribution in [-0.2, 0) is 14.3 Å². The Morgan fingerprint density at radius 2 is 2.35 bits per heavy atom. The Morgan fingerprint density at radius 3 is 3.08 bits per heavy atom. The number of anilines is 1. The maximum Gasteiger partial charge on any atom is 0.237 e. The van der Waals surface area contributed by atoms with Crippen LogP contribution in [0, 0.1) is 0 Å². The quantitative estimate of drug-likeness (QED) is 0.240. The second kappa shape index (κ2) is 9.53. The molecule has 0 aromatic carbocycles. The molecule has 0 spiro atoms. The van der Waals surface area contributed by atoms with Gasteiger partial charge < -0.3 is 19.5 Å². The number of aliphatic hydroxyl groups is 1. The molecule has 0 bridgehead atoms. The number of aliphatic hydroxyl groups excluding tert-OH is 1. The van der Waals surface area contributed by atoms with Crippen molar-refractivity contribution in [2.75, 3.05) is 25.2 Å². The van der Waals surface area contributed by atoms with E-state index in [0.717, 1.165) is 0 Å². The van der Waals surface area contributed by atoms with Gasteiger partial charge in [-0.25, -0.2) is 4.98 Å². The number of aldehydes is 1. The third kappa shape index (κ3) is 4.80. The molecule has 1 N–H and O–H groups in total. The predicted octanol–water partition coefficient (Wildman–Crippen LogP) is 2.36. The molecule has 26 heavy (non-hydrogen) atoms. The minimum Gasteiger partial charge on any atom is -0.507 e. The first kappa shape index (κ1) is 19.4. The molecule has 2 heterocycles. The van der Waals surface area contributed by atoms with Crippen molar-refractivity contribution in [2.45, 2.75) is 18.9 Å². The van der Waals surface area contributed by atoms with Crippen LogP contribution in [0.4, 0.5) is 5.69 Å². The summed E-state index contributed by atoms with van der Waals surface area (Å²) in [5.41, 5.74) is 0.656. The molecule has 1 fully saturated rings. The third-order valence-corrected chi connectivity index (χ3v) is 3.91. The smallest absolute Gasteiger partial charge is 0.237 e. The number of rotatable bonds is 9. The van der Waals surface area contributed by atoms with Gasteiger partial charge in [0.2, 0.25) is 11.8 Å². The second-order valence-electron chi connectivity index (χ2n) is 5.65. The van der Waals surface area contributed by atoms with Crippen LogP contribution in [0.5, 0.6) is 5.88 Å². The minimum atomic E-state index is -0.188. The number of methoxy groups -OCH3 is 1. The van der Waals surface area contributed by atoms with Gasteiger partial charge in [0.25, 0.3) is 0 Å². The number of ether oxygens (including phenoxy) is 2. The van der Waals surface area contributed by atoms with Gasteiger partial charge >= 0.3 is 0 Å². The van der Waals surface area contributed by atoms with E-state index in [1.54, 1.807) is 35.4 Å². The van der Waals surface area contributed by atoms with E-state index in [1.807, 2.05) is 0 Å². The fraction of sp³-hybridized carbons (Fsp3) is 0.316. The van der Waals surface area contributed by atoms with Crippen molar-refractivity contribution >= 4 is 17.9 Å². The molecule has 0 aliphatic carbocycles. The number of allylic oxidation sites excluding steroid dienone is 3. The molecule has 1 aromatic heterocycles. The molecule has 1 atom stereocenters. The monoisotopic (exact) mass is 358 g/mol. The SMILES string of the molecule is C=C(C=O)/C(O)=C\C=C/COCC1CCC(=O)N1c1cccnc1OC. The molecule has 7 heteroatoms. The maximum atomic E-state index is 12.3. The number of nitrogens with zero attached hydrogens (tertiary/aromatic N) is 2. The molecule has 1 amide bonds. The van der Waals surface area contributed by atoms with Crippen LogP contribution in [0.25, 0.3) is 0 Å². The highest BCUT2D eigenvalue weighted by molar-refractivity contribution is 5.97. The van der Waals surface area contributed by atoms with Crippen LogP contribution < -0.4 is 9.64 Å². The Hall–Kier alpha value is -2.93. The van der Waals surface area contributed by atoms with E-state index in [2.05, 4.69) is 11.6 Å². The summed E-state index contributed by atoms with van der Waals surface area (Å²) >= 11 is 0. The van der Waals surface area contributed by atoms with Crippen molar-refractivity contribution in [1.82, 2.24) is 4.98 Å². The summed E-state index contributed by atoms with van der Waals surface area (Å²) in [5, 5.41) is 9.46. The van der Waals surface area contributed by atoms with Gasteiger partial charge in [-0.2, -0.15) is 0 Å². The average Bonchev–Trinajstić information content (AvgIpc) is 3.03. The summed E-state index contributed by atoms with van der Waals surface area (Å²) in [6, 6.07) is 3.47. The number of aromatic nitrogens is 1. The van der Waals surface area contributed by atoms with Crippen LogP contribution >= 0.6 is 0 Å². The average molecular weight is 358 g/mol. The van der Waals surface area contributed by atoms with E-state index in [4.69, 9.17) is 9.47 Å². The number of hydrogen-bond donors (Lipinski definition) is 1. The standard InChI is InChI=1S/C19H22N2O5/c1-14(12-22)17(23)7-3-4-11-26-13-15-8-9-18(24)21(15)16-6-5-10-20-19(16)25-2/h3-7,10,12,15,23H,1,8-9,11,13H2,2H3/b4-3-,17-7+. The number of carbonyl (C=O) groups excluding carboxylic acids is 2. The van der Waals surface area contributed by atoms with Gasteiger partial charge in [-0.15, -0.1) is 0 Å². The van der Waals surface area contributed by atoms with Gasteiger partial charge in [0.1, 0.15) is 11.4 Å². The lowest BCUT2D eigenvalue weighted by Gasteiger charge is -2.25. The van der Waals surface area contributed by atoms with Crippen LogP contribution in [0.1, 0.15) is 12.8 Å². The van der Waals surface area contributed by atoms with Crippen LogP contribution in [0.2, 0.25) is 0 Å². The number of pyridine rings is 1. The molecular formula is C19H22N2O5. The molecule has 1 saturated heterocycles. The van der Waals surface area contributed by atoms with Gasteiger partial charge in [-0.05, 0) is 24.6 Å². The first-order chi connectivity index (χ1) is 12.6. The highest BCUT2D eigenvalue weighted by atomic mass is 16.5. The Bertz CT molecular complexity index is 726. The molecular weight excluding hydrogens is 336 g/mol. The van der Waals surface area contributed by atoms with E-state index in [-0.39, 0.29) is 23.3 Å². The van der Waals surface area contributed by atoms with E-state index in [0.29, 0.717) is 43.9 Å². The van der Waals surface area contributed by atoms with Crippen molar-refractivity contribution in [3.8, 4) is 5.88 Å². The Morgan fingerprint density at radius 1 is 1.54 bits per heavy atom. The minimum absolute atomic E-state index is 0.0145. The summed E-state index contributed by atoms with van der Waals surface area (Å²) in [4.78, 5) is 28.5. The molecule has 1 aliphatic heterocycles. The first-order valence-electron chi connectivity index (χ1n) is 8.17. The molecule has 1 aliphatic rings. The highest BCUT2D eigenvalue weighted by Gasteiger charge is 2.34. The molecule has 138 valence electrons. The molecule has 1 aromatic rings. The summed E-state index contributed by atoms with van der Waals surface area (Å²) in [7, 11) is 1.52. The largest absolute Gasteiger partial charge is 0.507 e. The summed E-state index contributed by atoms with van der Waals surface area (Å²) in [5.74, 6) is 0.233. The Kier molecular flexibility index (Phi) is 7.11. The van der Waals surface area contributed by atoms with E-state index in [1.165, 1.54) is 13.2 Å². The Labute approximate surface area is 152 Å². The van der Waals surface area contributed by atoms with Gasteiger partial charge in [0.15, 0.2) is 6.29 Å². The Balaban J connectivity index is 1.92. The summed E-state index contributed by atoms with van der Waals surface area (Å²) < 4.78 is 10.9. The normalized spacial score (nSPS) is 17.7. The number of carbonyl (C=O) groups is 2. The molecule has 0 saturated carbocycles. The van der Waals surface area contributed by atoms with Gasteiger partial charge in [0, 0.05) is 18.2 Å². The molecule has 2 rings (SSSR count). The van der Waals surface area contributed by atoms with Crippen molar-refractivity contribution < 1.29 is 24.2 Å². The lowest BCUT2D eigenvalue weighted by atomic mass is 10.2. The first-order valence-corrected chi connectivity index (χ1v) is 8.17. The van der Waals surface area contributed by atoms with Gasteiger partial charge in [-0.1, -0.05) is 18.7 Å². The van der Waals surface area contributed by atoms with E-state index >= 15 is 0 Å². The highest BCUT2D eigenvalue weighted by Crippen LogP contribution is 2.32. The van der Waals surface area contributed by atoms with Crippen molar-refractivity contribution in [3.05, 3.63) is 54.5 Å². The zero-order valence-electron chi connectivity index (χ0n) is 14.6. The van der Waals surface area contributed by atoms with Gasteiger partial charge in [-0.3, -0.25) is 9.59 Å². The van der Waals surface area contributed by atoms with E-state index < -0.39 is 0 Å². The molecule has 0 radical (unpaired) electrons. The van der Waals surface area contributed by atoms with Gasteiger partial charge in [0.05, 0.1) is 26.4 Å². The van der Waals surface area contributed by atoms with E-state index in [9.17, 15) is 14.7 Å². The zero-order valence-corrected chi connectivity index (χ0v) is 14.6. The lowest BCUT2D eigenvalue weighted by Crippen LogP contribution is -2.36. The second-order valence-corrected chi connectivity index (χ2v) is 5.65. The molecule has 7 nitrogen and oxygen atoms in total. The third-order valence-electron chi connectivity index (χ3n) is 3.91. The molecule has 1 unspecified atom stereocenters. The summed E-state index contributed by atoms with van der Waals surface area (Å²) in [6.07, 6.45) is 7.88.